The van der Waals surface area contributed by atoms with Crippen molar-refractivity contribution in [3.63, 3.8) is 0 Å². The Hall–Kier alpha value is -1.66. The maximum atomic E-state index is 11.4. The van der Waals surface area contributed by atoms with Crippen LogP contribution in [0, 0.1) is 0 Å². The molecular weight excluding hydrogens is 236 g/mol. The first-order valence-corrected chi connectivity index (χ1v) is 5.83. The molecule has 1 aromatic rings. The van der Waals surface area contributed by atoms with E-state index in [9.17, 15) is 4.79 Å². The lowest BCUT2D eigenvalue weighted by atomic mass is 10.2. The maximum absolute atomic E-state index is 11.4. The van der Waals surface area contributed by atoms with E-state index in [4.69, 9.17) is 9.47 Å². The number of aromatic nitrogens is 1. The van der Waals surface area contributed by atoms with Crippen molar-refractivity contribution in [2.75, 3.05) is 20.3 Å². The van der Waals surface area contributed by atoms with Gasteiger partial charge in [-0.2, -0.15) is 0 Å². The molecule has 0 aliphatic carbocycles. The highest BCUT2D eigenvalue weighted by Crippen LogP contribution is 2.14. The number of hydrogen-bond acceptors (Lipinski definition) is 5. The molecule has 0 radical (unpaired) electrons. The molecule has 1 aromatic heterocycles. The van der Waals surface area contributed by atoms with Crippen LogP contribution in [0.3, 0.4) is 0 Å². The quantitative estimate of drug-likeness (QED) is 0.789. The van der Waals surface area contributed by atoms with Gasteiger partial charge in [0.1, 0.15) is 6.61 Å². The molecule has 2 rings (SSSR count). The van der Waals surface area contributed by atoms with Crippen LogP contribution in [0.2, 0.25) is 0 Å². The minimum atomic E-state index is -0.337. The lowest BCUT2D eigenvalue weighted by Gasteiger charge is -2.10. The van der Waals surface area contributed by atoms with Crippen LogP contribution in [-0.2, 0) is 9.57 Å². The molecule has 0 aromatic carbocycles. The zero-order valence-electron chi connectivity index (χ0n) is 10.2. The van der Waals surface area contributed by atoms with Crippen molar-refractivity contribution in [2.24, 2.45) is 0 Å². The van der Waals surface area contributed by atoms with E-state index >= 15 is 0 Å². The second kappa shape index (κ2) is 6.32. The van der Waals surface area contributed by atoms with E-state index in [1.807, 2.05) is 0 Å². The van der Waals surface area contributed by atoms with Gasteiger partial charge in [0.05, 0.1) is 18.8 Å². The molecule has 1 atom stereocenters. The molecule has 2 heterocycles. The summed E-state index contributed by atoms with van der Waals surface area (Å²) in [5.41, 5.74) is 2.64. The van der Waals surface area contributed by atoms with Gasteiger partial charge in [0.2, 0.25) is 5.88 Å². The molecule has 1 aliphatic heterocycles. The van der Waals surface area contributed by atoms with E-state index in [1.54, 1.807) is 12.1 Å². The molecule has 0 spiro atoms. The first-order valence-electron chi connectivity index (χ1n) is 5.83. The van der Waals surface area contributed by atoms with Crippen molar-refractivity contribution in [1.29, 1.82) is 0 Å². The number of ether oxygens (including phenoxy) is 2. The average molecular weight is 252 g/mol. The number of nitrogens with zero attached hydrogens (tertiary/aromatic N) is 1. The predicted octanol–water partition coefficient (Wildman–Crippen LogP) is 0.931. The molecule has 6 heteroatoms. The highest BCUT2D eigenvalue weighted by molar-refractivity contribution is 5.93. The zero-order valence-corrected chi connectivity index (χ0v) is 10.2. The van der Waals surface area contributed by atoms with Gasteiger partial charge in [0.25, 0.3) is 5.91 Å². The Morgan fingerprint density at radius 2 is 2.50 bits per heavy atom. The van der Waals surface area contributed by atoms with Gasteiger partial charge in [-0.1, -0.05) is 0 Å². The number of rotatable bonds is 5. The second-order valence-electron chi connectivity index (χ2n) is 3.97. The second-order valence-corrected chi connectivity index (χ2v) is 3.97. The normalized spacial score (nSPS) is 18.6. The zero-order chi connectivity index (χ0) is 12.8. The fourth-order valence-electron chi connectivity index (χ4n) is 1.71. The summed E-state index contributed by atoms with van der Waals surface area (Å²) in [6.07, 6.45) is 3.70. The van der Waals surface area contributed by atoms with Crippen LogP contribution in [0.15, 0.2) is 18.3 Å². The minimum absolute atomic E-state index is 0.156. The van der Waals surface area contributed by atoms with Crippen LogP contribution in [0.4, 0.5) is 0 Å². The Morgan fingerprint density at radius 3 is 3.11 bits per heavy atom. The van der Waals surface area contributed by atoms with E-state index in [2.05, 4.69) is 15.3 Å². The highest BCUT2D eigenvalue weighted by atomic mass is 16.6. The summed E-state index contributed by atoms with van der Waals surface area (Å²) in [6.45, 7) is 1.30. The summed E-state index contributed by atoms with van der Waals surface area (Å²) in [5.74, 6) is 0.148. The van der Waals surface area contributed by atoms with E-state index in [0.29, 0.717) is 18.1 Å². The minimum Gasteiger partial charge on any atom is -0.475 e. The summed E-state index contributed by atoms with van der Waals surface area (Å²) < 4.78 is 10.9. The summed E-state index contributed by atoms with van der Waals surface area (Å²) in [5, 5.41) is 0. The van der Waals surface area contributed by atoms with Crippen molar-refractivity contribution in [3.05, 3.63) is 23.9 Å². The van der Waals surface area contributed by atoms with Gasteiger partial charge in [-0.25, -0.2) is 10.5 Å². The standard InChI is InChI=1S/C12H16N2O4/c1-16-14-12(15)9-4-5-11(13-7-9)18-8-10-3-2-6-17-10/h4-5,7,10H,2-3,6,8H2,1H3,(H,14,15)/t10-/m0/s1. The van der Waals surface area contributed by atoms with Crippen molar-refractivity contribution >= 4 is 5.91 Å². The Kier molecular flexibility index (Phi) is 4.49. The molecule has 1 N–H and O–H groups in total. The summed E-state index contributed by atoms with van der Waals surface area (Å²) in [7, 11) is 1.38. The molecule has 1 saturated heterocycles. The molecule has 6 nitrogen and oxygen atoms in total. The Balaban J connectivity index is 1.85. The molecule has 18 heavy (non-hydrogen) atoms. The van der Waals surface area contributed by atoms with Crippen LogP contribution in [0.25, 0.3) is 0 Å². The number of carbonyl (C=O) groups excluding carboxylic acids is 1. The molecule has 98 valence electrons. The largest absolute Gasteiger partial charge is 0.475 e. The number of amides is 1. The van der Waals surface area contributed by atoms with Crippen molar-refractivity contribution in [2.45, 2.75) is 18.9 Å². The fourth-order valence-corrected chi connectivity index (χ4v) is 1.71. The van der Waals surface area contributed by atoms with Gasteiger partial charge in [-0.15, -0.1) is 0 Å². The first-order chi connectivity index (χ1) is 8.79. The summed E-state index contributed by atoms with van der Waals surface area (Å²) >= 11 is 0. The number of carbonyl (C=O) groups is 1. The molecule has 1 aliphatic rings. The van der Waals surface area contributed by atoms with Crippen LogP contribution >= 0.6 is 0 Å². The lowest BCUT2D eigenvalue weighted by molar-refractivity contribution is 0.0536. The topological polar surface area (TPSA) is 69.7 Å². The van der Waals surface area contributed by atoms with Crippen LogP contribution in [-0.4, -0.2) is 37.3 Å². The molecule has 0 bridgehead atoms. The van der Waals surface area contributed by atoms with Gasteiger partial charge >= 0.3 is 0 Å². The summed E-state index contributed by atoms with van der Waals surface area (Å²) in [6, 6.07) is 3.28. The number of hydrogen-bond donors (Lipinski definition) is 1. The van der Waals surface area contributed by atoms with Gasteiger partial charge in [-0.05, 0) is 18.9 Å². The van der Waals surface area contributed by atoms with Crippen molar-refractivity contribution in [1.82, 2.24) is 10.5 Å². The van der Waals surface area contributed by atoms with Crippen LogP contribution < -0.4 is 10.2 Å². The number of hydroxylamine groups is 1. The maximum Gasteiger partial charge on any atom is 0.276 e. The predicted molar refractivity (Wildman–Crippen MR) is 63.2 cm³/mol. The van der Waals surface area contributed by atoms with Gasteiger partial charge in [0, 0.05) is 18.9 Å². The first kappa shape index (κ1) is 12.8. The number of nitrogens with one attached hydrogen (secondary N) is 1. The molecule has 0 saturated carbocycles. The van der Waals surface area contributed by atoms with Gasteiger partial charge < -0.3 is 9.47 Å². The SMILES string of the molecule is CONC(=O)c1ccc(OC[C@@H]2CCCO2)nc1. The molecule has 1 amide bonds. The monoisotopic (exact) mass is 252 g/mol. The highest BCUT2D eigenvalue weighted by Gasteiger charge is 2.16. The third-order valence-electron chi connectivity index (χ3n) is 2.63. The molecular formula is C12H16N2O4. The van der Waals surface area contributed by atoms with E-state index in [0.717, 1.165) is 19.4 Å². The van der Waals surface area contributed by atoms with Crippen molar-refractivity contribution < 1.29 is 19.1 Å². The third-order valence-corrected chi connectivity index (χ3v) is 2.63. The van der Waals surface area contributed by atoms with E-state index in [-0.39, 0.29) is 12.0 Å². The Bertz CT molecular complexity index is 388. The van der Waals surface area contributed by atoms with Crippen LogP contribution in [0.1, 0.15) is 23.2 Å². The van der Waals surface area contributed by atoms with Gasteiger partial charge in [-0.3, -0.25) is 9.63 Å². The summed E-state index contributed by atoms with van der Waals surface area (Å²) in [4.78, 5) is 20.0. The van der Waals surface area contributed by atoms with E-state index < -0.39 is 0 Å². The van der Waals surface area contributed by atoms with Crippen molar-refractivity contribution in [3.8, 4) is 5.88 Å². The van der Waals surface area contributed by atoms with E-state index in [1.165, 1.54) is 13.3 Å². The fraction of sp³-hybridized carbons (Fsp3) is 0.500. The third kappa shape index (κ3) is 3.41. The van der Waals surface area contributed by atoms with Gasteiger partial charge in [0.15, 0.2) is 0 Å². The molecule has 1 fully saturated rings. The molecule has 0 unspecified atom stereocenters. The Labute approximate surface area is 105 Å². The number of pyridine rings is 1. The van der Waals surface area contributed by atoms with Crippen LogP contribution in [0.5, 0.6) is 5.88 Å². The smallest absolute Gasteiger partial charge is 0.276 e. The Morgan fingerprint density at radius 1 is 1.61 bits per heavy atom. The lowest BCUT2D eigenvalue weighted by Crippen LogP contribution is -2.22. The average Bonchev–Trinajstić information content (AvgIpc) is 2.90.